The Morgan fingerprint density at radius 1 is 1.29 bits per heavy atom. The van der Waals surface area contributed by atoms with Crippen LogP contribution in [0.4, 0.5) is 0 Å². The van der Waals surface area contributed by atoms with Gasteiger partial charge in [-0.05, 0) is 26.3 Å². The van der Waals surface area contributed by atoms with Crippen LogP contribution in [0.5, 0.6) is 0 Å². The number of hydrogen-bond acceptors (Lipinski definition) is 5. The van der Waals surface area contributed by atoms with Crippen LogP contribution in [0, 0.1) is 6.92 Å². The maximum absolute atomic E-state index is 12.5. The van der Waals surface area contributed by atoms with Gasteiger partial charge in [-0.15, -0.1) is 11.3 Å². The standard InChI is InChI=1S/C18H18N2O3S/c1-12-11-24-17-19-14(9-15(21)20(12)17)10-23-16(22)18(2,3)13-7-5-4-6-8-13/h4-9,11H,10H2,1-3H3. The average molecular weight is 342 g/mol. The van der Waals surface area contributed by atoms with Crippen LogP contribution in [0.2, 0.25) is 0 Å². The molecule has 0 unspecified atom stereocenters. The summed E-state index contributed by atoms with van der Waals surface area (Å²) in [4.78, 5) is 29.6. The van der Waals surface area contributed by atoms with Gasteiger partial charge in [0.05, 0.1) is 11.1 Å². The highest BCUT2D eigenvalue weighted by atomic mass is 32.1. The first kappa shape index (κ1) is 16.4. The van der Waals surface area contributed by atoms with Crippen molar-refractivity contribution < 1.29 is 9.53 Å². The number of esters is 1. The zero-order chi connectivity index (χ0) is 17.3. The van der Waals surface area contributed by atoms with E-state index in [0.29, 0.717) is 10.7 Å². The molecule has 0 fully saturated rings. The van der Waals surface area contributed by atoms with Crippen LogP contribution in [-0.2, 0) is 21.6 Å². The fourth-order valence-electron chi connectivity index (χ4n) is 2.47. The molecule has 0 aliphatic rings. The van der Waals surface area contributed by atoms with Crippen LogP contribution in [0.15, 0.2) is 46.6 Å². The first-order chi connectivity index (χ1) is 11.4. The predicted molar refractivity (Wildman–Crippen MR) is 93.3 cm³/mol. The van der Waals surface area contributed by atoms with Crippen molar-refractivity contribution in [1.29, 1.82) is 0 Å². The van der Waals surface area contributed by atoms with Crippen molar-refractivity contribution >= 4 is 22.3 Å². The molecule has 0 N–H and O–H groups in total. The van der Waals surface area contributed by atoms with Crippen molar-refractivity contribution in [2.45, 2.75) is 32.8 Å². The van der Waals surface area contributed by atoms with E-state index in [-0.39, 0.29) is 18.1 Å². The Bertz CT molecular complexity index is 942. The number of benzene rings is 1. The Labute approximate surface area is 143 Å². The molecule has 2 aromatic heterocycles. The zero-order valence-corrected chi connectivity index (χ0v) is 14.6. The number of rotatable bonds is 4. The number of fused-ring (bicyclic) bond motifs is 1. The summed E-state index contributed by atoms with van der Waals surface area (Å²) in [5, 5.41) is 1.87. The van der Waals surface area contributed by atoms with Crippen LogP contribution in [-0.4, -0.2) is 15.4 Å². The Hall–Kier alpha value is -2.47. The van der Waals surface area contributed by atoms with Crippen molar-refractivity contribution in [2.24, 2.45) is 0 Å². The van der Waals surface area contributed by atoms with Crippen LogP contribution < -0.4 is 5.56 Å². The Morgan fingerprint density at radius 2 is 2.00 bits per heavy atom. The van der Waals surface area contributed by atoms with Crippen LogP contribution in [0.1, 0.15) is 30.8 Å². The molecule has 0 radical (unpaired) electrons. The van der Waals surface area contributed by atoms with Gasteiger partial charge >= 0.3 is 5.97 Å². The van der Waals surface area contributed by atoms with Gasteiger partial charge in [0, 0.05) is 17.1 Å². The number of aryl methyl sites for hydroxylation is 1. The van der Waals surface area contributed by atoms with E-state index < -0.39 is 5.41 Å². The quantitative estimate of drug-likeness (QED) is 0.684. The average Bonchev–Trinajstić information content (AvgIpc) is 2.95. The number of carbonyl (C=O) groups excluding carboxylic acids is 1. The van der Waals surface area contributed by atoms with Gasteiger partial charge in [-0.25, -0.2) is 4.98 Å². The Kier molecular flexibility index (Phi) is 4.24. The van der Waals surface area contributed by atoms with Gasteiger partial charge in [0.15, 0.2) is 4.96 Å². The number of thiazole rings is 1. The molecule has 0 spiro atoms. The predicted octanol–water partition coefficient (Wildman–Crippen LogP) is 3.09. The van der Waals surface area contributed by atoms with Gasteiger partial charge in [-0.2, -0.15) is 0 Å². The number of nitrogens with zero attached hydrogens (tertiary/aromatic N) is 2. The molecular formula is C18H18N2O3S. The molecule has 0 amide bonds. The summed E-state index contributed by atoms with van der Waals surface area (Å²) in [6.45, 7) is 5.48. The molecule has 0 saturated carbocycles. The van der Waals surface area contributed by atoms with E-state index in [1.54, 1.807) is 4.40 Å². The minimum absolute atomic E-state index is 0.0161. The fraction of sp³-hybridized carbons (Fsp3) is 0.278. The van der Waals surface area contributed by atoms with Crippen molar-refractivity contribution in [3.63, 3.8) is 0 Å². The van der Waals surface area contributed by atoms with E-state index in [0.717, 1.165) is 11.3 Å². The topological polar surface area (TPSA) is 60.7 Å². The molecule has 124 valence electrons. The summed E-state index contributed by atoms with van der Waals surface area (Å²) in [6.07, 6.45) is 0. The third kappa shape index (κ3) is 2.97. The highest BCUT2D eigenvalue weighted by molar-refractivity contribution is 7.15. The Balaban J connectivity index is 1.78. The lowest BCUT2D eigenvalue weighted by molar-refractivity contribution is -0.150. The molecule has 0 bridgehead atoms. The molecule has 6 heteroatoms. The van der Waals surface area contributed by atoms with Gasteiger partial charge in [0.2, 0.25) is 0 Å². The van der Waals surface area contributed by atoms with Crippen molar-refractivity contribution in [2.75, 3.05) is 0 Å². The van der Waals surface area contributed by atoms with Gasteiger partial charge in [0.1, 0.15) is 6.61 Å². The maximum Gasteiger partial charge on any atom is 0.316 e. The summed E-state index contributed by atoms with van der Waals surface area (Å²) in [7, 11) is 0. The van der Waals surface area contributed by atoms with Gasteiger partial charge in [-0.1, -0.05) is 30.3 Å². The van der Waals surface area contributed by atoms with Crippen molar-refractivity contribution in [3.05, 3.63) is 69.1 Å². The molecule has 5 nitrogen and oxygen atoms in total. The van der Waals surface area contributed by atoms with E-state index in [2.05, 4.69) is 4.98 Å². The summed E-state index contributed by atoms with van der Waals surface area (Å²) in [6, 6.07) is 10.9. The molecule has 1 aromatic carbocycles. The second-order valence-corrected chi connectivity index (χ2v) is 6.98. The lowest BCUT2D eigenvalue weighted by atomic mass is 9.85. The van der Waals surface area contributed by atoms with E-state index in [4.69, 9.17) is 4.74 Å². The third-order valence-corrected chi connectivity index (χ3v) is 4.93. The Morgan fingerprint density at radius 3 is 2.71 bits per heavy atom. The lowest BCUT2D eigenvalue weighted by Crippen LogP contribution is -2.31. The van der Waals surface area contributed by atoms with E-state index in [1.807, 2.05) is 56.5 Å². The number of hydrogen-bond donors (Lipinski definition) is 0. The highest BCUT2D eigenvalue weighted by Gasteiger charge is 2.31. The van der Waals surface area contributed by atoms with E-state index in [9.17, 15) is 9.59 Å². The molecule has 0 atom stereocenters. The molecule has 0 saturated heterocycles. The smallest absolute Gasteiger partial charge is 0.316 e. The van der Waals surface area contributed by atoms with Gasteiger partial charge in [-0.3, -0.25) is 14.0 Å². The summed E-state index contributed by atoms with van der Waals surface area (Å²) >= 11 is 1.39. The monoisotopic (exact) mass is 342 g/mol. The minimum atomic E-state index is -0.764. The largest absolute Gasteiger partial charge is 0.459 e. The molecule has 24 heavy (non-hydrogen) atoms. The number of aromatic nitrogens is 2. The SMILES string of the molecule is Cc1csc2nc(COC(=O)C(C)(C)c3ccccc3)cc(=O)n12. The van der Waals surface area contributed by atoms with Gasteiger partial charge in [0.25, 0.3) is 5.56 Å². The zero-order valence-electron chi connectivity index (χ0n) is 13.8. The van der Waals surface area contributed by atoms with Crippen LogP contribution >= 0.6 is 11.3 Å². The molecule has 3 aromatic rings. The van der Waals surface area contributed by atoms with Crippen molar-refractivity contribution in [3.8, 4) is 0 Å². The molecule has 2 heterocycles. The molecular weight excluding hydrogens is 324 g/mol. The molecule has 3 rings (SSSR count). The lowest BCUT2D eigenvalue weighted by Gasteiger charge is -2.22. The third-order valence-electron chi connectivity index (χ3n) is 3.99. The summed E-state index contributed by atoms with van der Waals surface area (Å²) in [5.74, 6) is -0.349. The normalized spacial score (nSPS) is 11.6. The maximum atomic E-state index is 12.5. The number of ether oxygens (including phenoxy) is 1. The van der Waals surface area contributed by atoms with Crippen LogP contribution in [0.3, 0.4) is 0 Å². The first-order valence-corrected chi connectivity index (χ1v) is 8.47. The van der Waals surface area contributed by atoms with E-state index in [1.165, 1.54) is 17.4 Å². The first-order valence-electron chi connectivity index (χ1n) is 7.59. The highest BCUT2D eigenvalue weighted by Crippen LogP contribution is 2.25. The van der Waals surface area contributed by atoms with E-state index >= 15 is 0 Å². The van der Waals surface area contributed by atoms with Crippen LogP contribution in [0.25, 0.3) is 4.96 Å². The summed E-state index contributed by atoms with van der Waals surface area (Å²) in [5.41, 5.74) is 1.26. The second kappa shape index (κ2) is 6.20. The molecule has 0 aliphatic heterocycles. The van der Waals surface area contributed by atoms with Gasteiger partial charge < -0.3 is 4.74 Å². The molecule has 0 aliphatic carbocycles. The second-order valence-electron chi connectivity index (χ2n) is 6.15. The van der Waals surface area contributed by atoms with Crippen molar-refractivity contribution in [1.82, 2.24) is 9.38 Å². The minimum Gasteiger partial charge on any atom is -0.459 e. The summed E-state index contributed by atoms with van der Waals surface area (Å²) < 4.78 is 6.96. The fourth-order valence-corrected chi connectivity index (χ4v) is 3.36. The number of carbonyl (C=O) groups is 1.